The summed E-state index contributed by atoms with van der Waals surface area (Å²) in [6, 6.07) is 14.8. The topological polar surface area (TPSA) is 37.2 Å². The third kappa shape index (κ3) is 3.09. The van der Waals surface area contributed by atoms with Crippen LogP contribution in [0.5, 0.6) is 0 Å². The zero-order valence-corrected chi connectivity index (χ0v) is 16.6. The van der Waals surface area contributed by atoms with E-state index in [0.717, 1.165) is 37.0 Å². The van der Waals surface area contributed by atoms with Crippen LogP contribution in [0.1, 0.15) is 24.0 Å². The number of fused-ring (bicyclic) bond motifs is 5. The van der Waals surface area contributed by atoms with Crippen molar-refractivity contribution >= 4 is 0 Å². The van der Waals surface area contributed by atoms with Crippen molar-refractivity contribution < 1.29 is 0 Å². The predicted molar refractivity (Wildman–Crippen MR) is 112 cm³/mol. The van der Waals surface area contributed by atoms with Gasteiger partial charge in [0.05, 0.1) is 6.33 Å². The molecule has 0 saturated carbocycles. The van der Waals surface area contributed by atoms with Gasteiger partial charge in [-0.3, -0.25) is 14.8 Å². The maximum Gasteiger partial charge on any atom is 0.0991 e. The minimum absolute atomic E-state index is 0.761. The molecule has 0 aliphatic carbocycles. The van der Waals surface area contributed by atoms with Gasteiger partial charge in [0.15, 0.2) is 0 Å². The summed E-state index contributed by atoms with van der Waals surface area (Å²) in [7, 11) is 0. The lowest BCUT2D eigenvalue weighted by molar-refractivity contribution is 0.186. The molecule has 148 valence electrons. The van der Waals surface area contributed by atoms with Gasteiger partial charge in [0, 0.05) is 68.7 Å². The highest BCUT2D eigenvalue weighted by molar-refractivity contribution is 5.34. The van der Waals surface area contributed by atoms with Crippen LogP contribution in [0.2, 0.25) is 0 Å². The molecular weight excluding hydrogens is 358 g/mol. The predicted octanol–water partition coefficient (Wildman–Crippen LogP) is 3.36. The first-order chi connectivity index (χ1) is 14.3. The molecule has 0 N–H and O–H groups in total. The van der Waals surface area contributed by atoms with Crippen LogP contribution in [0.25, 0.3) is 5.69 Å². The molecule has 5 nitrogen and oxygen atoms in total. The molecule has 3 saturated heterocycles. The molecule has 4 atom stereocenters. The molecule has 5 heterocycles. The van der Waals surface area contributed by atoms with Gasteiger partial charge < -0.3 is 4.57 Å². The highest BCUT2D eigenvalue weighted by Gasteiger charge is 2.55. The van der Waals surface area contributed by atoms with Gasteiger partial charge >= 0.3 is 0 Å². The summed E-state index contributed by atoms with van der Waals surface area (Å²) < 4.78 is 2.06. The molecule has 5 heteroatoms. The maximum atomic E-state index is 4.28. The molecule has 3 aromatic rings. The molecule has 0 spiro atoms. The van der Waals surface area contributed by atoms with E-state index in [4.69, 9.17) is 0 Å². The molecule has 29 heavy (non-hydrogen) atoms. The van der Waals surface area contributed by atoms with Gasteiger partial charge in [-0.25, -0.2) is 4.98 Å². The van der Waals surface area contributed by atoms with Crippen molar-refractivity contribution in [2.24, 2.45) is 11.8 Å². The Morgan fingerprint density at radius 3 is 2.28 bits per heavy atom. The van der Waals surface area contributed by atoms with Crippen molar-refractivity contribution in [3.63, 3.8) is 0 Å². The molecule has 2 bridgehead atoms. The summed E-state index contributed by atoms with van der Waals surface area (Å²) >= 11 is 0. The van der Waals surface area contributed by atoms with Crippen molar-refractivity contribution in [2.75, 3.05) is 13.1 Å². The van der Waals surface area contributed by atoms with Crippen molar-refractivity contribution in [3.05, 3.63) is 78.6 Å². The number of pyridine rings is 1. The molecule has 6 rings (SSSR count). The SMILES string of the molecule is c1cncc(CN2C[C@@H]3[C@H](C2)[C@@H]2CC[C@H]3N2Cc2ccc(-n3ccnc3)cc2)c1. The lowest BCUT2D eigenvalue weighted by Crippen LogP contribution is -2.35. The average molecular weight is 386 g/mol. The van der Waals surface area contributed by atoms with Gasteiger partial charge in [-0.1, -0.05) is 18.2 Å². The van der Waals surface area contributed by atoms with Crippen LogP contribution in [-0.4, -0.2) is 49.5 Å². The molecule has 3 aliphatic heterocycles. The largest absolute Gasteiger partial charge is 0.306 e. The van der Waals surface area contributed by atoms with E-state index in [1.807, 2.05) is 31.1 Å². The minimum atomic E-state index is 0.761. The van der Waals surface area contributed by atoms with Crippen molar-refractivity contribution in [2.45, 2.75) is 38.0 Å². The van der Waals surface area contributed by atoms with Crippen LogP contribution in [0.4, 0.5) is 0 Å². The normalized spacial score (nSPS) is 28.8. The lowest BCUT2D eigenvalue weighted by Gasteiger charge is -2.27. The Balaban J connectivity index is 1.13. The van der Waals surface area contributed by atoms with Gasteiger partial charge in [0.1, 0.15) is 0 Å². The summed E-state index contributed by atoms with van der Waals surface area (Å²) in [4.78, 5) is 13.9. The number of hydrogen-bond acceptors (Lipinski definition) is 4. The van der Waals surface area contributed by atoms with Gasteiger partial charge in [0.25, 0.3) is 0 Å². The summed E-state index contributed by atoms with van der Waals surface area (Å²) in [5.74, 6) is 1.69. The highest BCUT2D eigenvalue weighted by atomic mass is 15.3. The Morgan fingerprint density at radius 2 is 1.62 bits per heavy atom. The van der Waals surface area contributed by atoms with Crippen LogP contribution in [0.3, 0.4) is 0 Å². The fraction of sp³-hybridized carbons (Fsp3) is 0.417. The first-order valence-corrected chi connectivity index (χ1v) is 10.8. The van der Waals surface area contributed by atoms with Crippen LogP contribution >= 0.6 is 0 Å². The highest BCUT2D eigenvalue weighted by Crippen LogP contribution is 2.50. The standard InChI is InChI=1S/C24H27N5/c1-2-19(12-25-9-1)13-27-15-21-22(16-27)24-8-7-23(21)29(24)14-18-3-5-20(6-4-18)28-11-10-26-17-28/h1-6,9-12,17,21-24H,7-8,13-16H2/t21-,22+,23-,24+. The van der Waals surface area contributed by atoms with Crippen LogP contribution < -0.4 is 0 Å². The van der Waals surface area contributed by atoms with E-state index in [-0.39, 0.29) is 0 Å². The third-order valence-electron chi connectivity index (χ3n) is 7.32. The number of benzene rings is 1. The quantitative estimate of drug-likeness (QED) is 0.675. The Bertz CT molecular complexity index is 933. The van der Waals surface area contributed by atoms with Gasteiger partial charge in [-0.05, 0) is 54.0 Å². The maximum absolute atomic E-state index is 4.28. The molecule has 1 aromatic carbocycles. The van der Waals surface area contributed by atoms with Crippen molar-refractivity contribution in [1.82, 2.24) is 24.3 Å². The molecule has 2 aromatic heterocycles. The Hall–Kier alpha value is -2.50. The lowest BCUT2D eigenvalue weighted by atomic mass is 9.82. The molecular formula is C24H27N5. The fourth-order valence-corrected chi connectivity index (χ4v) is 6.10. The molecule has 3 fully saturated rings. The number of nitrogens with zero attached hydrogens (tertiary/aromatic N) is 5. The molecule has 0 radical (unpaired) electrons. The van der Waals surface area contributed by atoms with Crippen LogP contribution in [0.15, 0.2) is 67.5 Å². The van der Waals surface area contributed by atoms with E-state index >= 15 is 0 Å². The summed E-state index contributed by atoms with van der Waals surface area (Å²) in [6.45, 7) is 4.64. The first-order valence-electron chi connectivity index (χ1n) is 10.8. The summed E-state index contributed by atoms with van der Waals surface area (Å²) in [5.41, 5.74) is 3.95. The van der Waals surface area contributed by atoms with Crippen LogP contribution in [0, 0.1) is 11.8 Å². The van der Waals surface area contributed by atoms with E-state index < -0.39 is 0 Å². The number of likely N-dealkylation sites (tertiary alicyclic amines) is 1. The van der Waals surface area contributed by atoms with E-state index in [2.05, 4.69) is 60.7 Å². The molecule has 0 amide bonds. The van der Waals surface area contributed by atoms with Gasteiger partial charge in [-0.2, -0.15) is 0 Å². The van der Waals surface area contributed by atoms with E-state index in [1.165, 1.54) is 42.7 Å². The summed E-state index contributed by atoms with van der Waals surface area (Å²) in [5, 5.41) is 0. The Labute approximate surface area is 172 Å². The summed E-state index contributed by atoms with van der Waals surface area (Å²) in [6.07, 6.45) is 12.3. The van der Waals surface area contributed by atoms with E-state index in [9.17, 15) is 0 Å². The first kappa shape index (κ1) is 17.4. The second-order valence-electron chi connectivity index (χ2n) is 8.90. The zero-order valence-electron chi connectivity index (χ0n) is 16.6. The number of rotatable bonds is 5. The van der Waals surface area contributed by atoms with Gasteiger partial charge in [0.2, 0.25) is 0 Å². The minimum Gasteiger partial charge on any atom is -0.306 e. The second-order valence-corrected chi connectivity index (χ2v) is 8.90. The smallest absolute Gasteiger partial charge is 0.0991 e. The fourth-order valence-electron chi connectivity index (χ4n) is 6.10. The average Bonchev–Trinajstić information content (AvgIpc) is 3.52. The Kier molecular flexibility index (Phi) is 4.24. The number of imidazole rings is 1. The number of aromatic nitrogens is 3. The number of hydrogen-bond donors (Lipinski definition) is 0. The second kappa shape index (κ2) is 7.08. The monoisotopic (exact) mass is 385 g/mol. The molecule has 0 unspecified atom stereocenters. The van der Waals surface area contributed by atoms with E-state index in [0.29, 0.717) is 0 Å². The van der Waals surface area contributed by atoms with Gasteiger partial charge in [-0.15, -0.1) is 0 Å². The third-order valence-corrected chi connectivity index (χ3v) is 7.32. The van der Waals surface area contributed by atoms with E-state index in [1.54, 1.807) is 0 Å². The Morgan fingerprint density at radius 1 is 0.828 bits per heavy atom. The zero-order chi connectivity index (χ0) is 19.2. The van der Waals surface area contributed by atoms with Crippen molar-refractivity contribution in [1.29, 1.82) is 0 Å². The molecule has 3 aliphatic rings. The van der Waals surface area contributed by atoms with Crippen molar-refractivity contribution in [3.8, 4) is 5.69 Å². The van der Waals surface area contributed by atoms with Crippen LogP contribution in [-0.2, 0) is 13.1 Å².